The van der Waals surface area contributed by atoms with E-state index in [-0.39, 0.29) is 5.41 Å². The zero-order valence-electron chi connectivity index (χ0n) is 33.3. The molecule has 0 aliphatic carbocycles. The number of benzene rings is 7. The maximum absolute atomic E-state index is 7.12. The summed E-state index contributed by atoms with van der Waals surface area (Å²) in [7, 11) is 0. The lowest BCUT2D eigenvalue weighted by molar-refractivity contribution is 0.421. The van der Waals surface area contributed by atoms with E-state index in [2.05, 4.69) is 181 Å². The van der Waals surface area contributed by atoms with Gasteiger partial charge < -0.3 is 4.74 Å². The van der Waals surface area contributed by atoms with E-state index in [1.807, 2.05) is 43.4 Å². The summed E-state index contributed by atoms with van der Waals surface area (Å²) in [4.78, 5) is 10.2. The van der Waals surface area contributed by atoms with Crippen molar-refractivity contribution in [1.82, 2.24) is 19.1 Å². The van der Waals surface area contributed by atoms with Crippen molar-refractivity contribution >= 4 is 27.8 Å². The second kappa shape index (κ2) is 14.5. The summed E-state index contributed by atoms with van der Waals surface area (Å²) < 4.78 is 11.6. The van der Waals surface area contributed by atoms with Gasteiger partial charge >= 0.3 is 0 Å². The Morgan fingerprint density at radius 3 is 1.66 bits per heavy atom. The molecule has 1 aliphatic heterocycles. The normalized spacial score (nSPS) is 13.4. The number of ether oxygens (including phenoxy) is 1. The molecular formula is C54H42N4O. The molecule has 5 nitrogen and oxygen atoms in total. The van der Waals surface area contributed by atoms with E-state index in [1.54, 1.807) is 0 Å². The van der Waals surface area contributed by atoms with Gasteiger partial charge in [-0.25, -0.2) is 9.97 Å². The molecule has 7 aromatic carbocycles. The molecule has 0 saturated heterocycles. The number of fused-ring (bicyclic) bond motifs is 4. The van der Waals surface area contributed by atoms with Crippen molar-refractivity contribution in [1.29, 1.82) is 0 Å². The SMILES string of the molecule is C=C/C=C(\C=C/C)n1c(-c2ccc(-c3cccc4c3Oc3c(-c5ccc(-c6nc7ccccc7n6-c6ccccc6)cc5)cccc3C4(C)C)cc2)nc2ccccc21. The zero-order valence-corrected chi connectivity index (χ0v) is 33.3. The lowest BCUT2D eigenvalue weighted by Gasteiger charge is -2.36. The van der Waals surface area contributed by atoms with Gasteiger partial charge in [-0.3, -0.25) is 9.13 Å². The number of allylic oxidation sites excluding steroid dienone is 5. The van der Waals surface area contributed by atoms with Crippen molar-refractivity contribution in [2.45, 2.75) is 26.2 Å². The highest BCUT2D eigenvalue weighted by Crippen LogP contribution is 2.54. The van der Waals surface area contributed by atoms with Crippen molar-refractivity contribution in [3.8, 4) is 62.2 Å². The highest BCUT2D eigenvalue weighted by molar-refractivity contribution is 5.88. The molecule has 0 amide bonds. The molecule has 0 spiro atoms. The number of aromatic nitrogens is 4. The van der Waals surface area contributed by atoms with Crippen LogP contribution in [0.25, 0.3) is 78.5 Å². The molecule has 0 fully saturated rings. The van der Waals surface area contributed by atoms with Gasteiger partial charge in [0.05, 0.1) is 22.1 Å². The fourth-order valence-electron chi connectivity index (χ4n) is 8.61. The molecule has 284 valence electrons. The zero-order chi connectivity index (χ0) is 40.1. The van der Waals surface area contributed by atoms with Gasteiger partial charge in [-0.1, -0.05) is 160 Å². The second-order valence-corrected chi connectivity index (χ2v) is 15.4. The molecule has 0 saturated carbocycles. The Balaban J connectivity index is 1.03. The molecule has 0 atom stereocenters. The average molecular weight is 763 g/mol. The van der Waals surface area contributed by atoms with Crippen molar-refractivity contribution in [2.75, 3.05) is 0 Å². The number of hydrogen-bond acceptors (Lipinski definition) is 3. The minimum Gasteiger partial charge on any atom is -0.455 e. The summed E-state index contributed by atoms with van der Waals surface area (Å²) in [5.41, 5.74) is 14.4. The van der Waals surface area contributed by atoms with Gasteiger partial charge in [0, 0.05) is 50.2 Å². The lowest BCUT2D eigenvalue weighted by Crippen LogP contribution is -2.25. The van der Waals surface area contributed by atoms with Crippen LogP contribution in [-0.2, 0) is 5.41 Å². The Kier molecular flexibility index (Phi) is 8.80. The molecule has 5 heteroatoms. The van der Waals surface area contributed by atoms with Gasteiger partial charge in [-0.05, 0) is 66.6 Å². The van der Waals surface area contributed by atoms with Crippen LogP contribution < -0.4 is 4.74 Å². The van der Waals surface area contributed by atoms with Gasteiger partial charge in [0.2, 0.25) is 0 Å². The van der Waals surface area contributed by atoms with Crippen molar-refractivity contribution in [3.63, 3.8) is 0 Å². The average Bonchev–Trinajstić information content (AvgIpc) is 3.86. The molecule has 0 N–H and O–H groups in total. The molecule has 3 heterocycles. The predicted molar refractivity (Wildman–Crippen MR) is 244 cm³/mol. The van der Waals surface area contributed by atoms with E-state index in [0.29, 0.717) is 0 Å². The molecule has 0 radical (unpaired) electrons. The third-order valence-corrected chi connectivity index (χ3v) is 11.5. The highest BCUT2D eigenvalue weighted by atomic mass is 16.5. The van der Waals surface area contributed by atoms with Crippen molar-refractivity contribution in [3.05, 3.63) is 206 Å². The molecule has 59 heavy (non-hydrogen) atoms. The molecule has 2 aromatic heterocycles. The maximum atomic E-state index is 7.12. The number of imidazole rings is 2. The summed E-state index contributed by atoms with van der Waals surface area (Å²) in [6.07, 6.45) is 7.97. The molecule has 0 unspecified atom stereocenters. The van der Waals surface area contributed by atoms with Gasteiger partial charge in [-0.2, -0.15) is 0 Å². The van der Waals surface area contributed by atoms with Crippen LogP contribution in [0.3, 0.4) is 0 Å². The van der Waals surface area contributed by atoms with Crippen LogP contribution in [0, 0.1) is 0 Å². The number of hydrogen-bond donors (Lipinski definition) is 0. The fraction of sp³-hybridized carbons (Fsp3) is 0.0741. The molecule has 10 rings (SSSR count). The number of para-hydroxylation sites is 7. The van der Waals surface area contributed by atoms with Crippen LogP contribution in [0.5, 0.6) is 11.5 Å². The summed E-state index contributed by atoms with van der Waals surface area (Å²) in [6.45, 7) is 10.6. The van der Waals surface area contributed by atoms with Gasteiger partial charge in [0.25, 0.3) is 0 Å². The minimum atomic E-state index is -0.305. The van der Waals surface area contributed by atoms with Crippen LogP contribution in [0.15, 0.2) is 195 Å². The molecule has 1 aliphatic rings. The largest absolute Gasteiger partial charge is 0.455 e. The van der Waals surface area contributed by atoms with Crippen LogP contribution in [0.4, 0.5) is 0 Å². The second-order valence-electron chi connectivity index (χ2n) is 15.4. The van der Waals surface area contributed by atoms with E-state index in [9.17, 15) is 0 Å². The first-order valence-corrected chi connectivity index (χ1v) is 20.1. The van der Waals surface area contributed by atoms with Gasteiger partial charge in [-0.15, -0.1) is 0 Å². The van der Waals surface area contributed by atoms with Gasteiger partial charge in [0.1, 0.15) is 23.1 Å². The first kappa shape index (κ1) is 35.9. The third kappa shape index (κ3) is 6.02. The van der Waals surface area contributed by atoms with E-state index in [4.69, 9.17) is 14.7 Å². The Hall–Kier alpha value is -7.50. The smallest absolute Gasteiger partial charge is 0.145 e. The summed E-state index contributed by atoms with van der Waals surface area (Å²) in [5, 5.41) is 0. The van der Waals surface area contributed by atoms with E-state index in [1.165, 1.54) is 0 Å². The Bertz CT molecular complexity index is 3110. The van der Waals surface area contributed by atoms with Crippen LogP contribution in [0.2, 0.25) is 0 Å². The summed E-state index contributed by atoms with van der Waals surface area (Å²) in [6, 6.07) is 57.4. The molecular weight excluding hydrogens is 721 g/mol. The quantitative estimate of drug-likeness (QED) is 0.145. The predicted octanol–water partition coefficient (Wildman–Crippen LogP) is 14.1. The third-order valence-electron chi connectivity index (χ3n) is 11.5. The Morgan fingerprint density at radius 2 is 1.07 bits per heavy atom. The Morgan fingerprint density at radius 1 is 0.559 bits per heavy atom. The Labute approximate surface area is 344 Å². The minimum absolute atomic E-state index is 0.305. The van der Waals surface area contributed by atoms with E-state index in [0.717, 1.165) is 101 Å². The maximum Gasteiger partial charge on any atom is 0.145 e. The number of rotatable bonds is 8. The molecule has 0 bridgehead atoms. The molecule has 9 aromatic rings. The van der Waals surface area contributed by atoms with Crippen molar-refractivity contribution < 1.29 is 4.74 Å². The summed E-state index contributed by atoms with van der Waals surface area (Å²) >= 11 is 0. The topological polar surface area (TPSA) is 44.9 Å². The van der Waals surface area contributed by atoms with Crippen LogP contribution in [0.1, 0.15) is 31.9 Å². The monoisotopic (exact) mass is 762 g/mol. The fourth-order valence-corrected chi connectivity index (χ4v) is 8.61. The summed E-state index contributed by atoms with van der Waals surface area (Å²) in [5.74, 6) is 3.55. The standard InChI is InChI=1S/C54H42N4O/c1-5-16-40(17-6-2)57-48-26-12-10-24-46(48)55-52(57)38-32-28-36(29-33-38)42-20-14-22-44-50(42)59-51-43(21-15-23-45(51)54(44,3)4)37-30-34-39(35-31-37)53-56-47-25-11-13-27-49(47)58(53)41-18-8-7-9-19-41/h5-35H,1H2,2-4H3/b17-6-,40-16+. The van der Waals surface area contributed by atoms with Gasteiger partial charge in [0.15, 0.2) is 0 Å². The van der Waals surface area contributed by atoms with E-state index < -0.39 is 0 Å². The van der Waals surface area contributed by atoms with E-state index >= 15 is 0 Å². The van der Waals surface area contributed by atoms with Crippen LogP contribution >= 0.6 is 0 Å². The van der Waals surface area contributed by atoms with Crippen LogP contribution in [-0.4, -0.2) is 19.1 Å². The number of nitrogens with zero attached hydrogens (tertiary/aromatic N) is 4. The van der Waals surface area contributed by atoms with Crippen molar-refractivity contribution in [2.24, 2.45) is 0 Å². The highest BCUT2D eigenvalue weighted by Gasteiger charge is 2.37. The first-order valence-electron chi connectivity index (χ1n) is 20.1. The first-order chi connectivity index (χ1) is 28.9. The lowest BCUT2D eigenvalue weighted by atomic mass is 9.74.